The van der Waals surface area contributed by atoms with Gasteiger partial charge in [0, 0.05) is 0 Å². The van der Waals surface area contributed by atoms with Crippen LogP contribution in [0.3, 0.4) is 0 Å². The number of rotatable bonds is 26. The van der Waals surface area contributed by atoms with Gasteiger partial charge in [-0.25, -0.2) is 0 Å². The molecule has 0 aliphatic heterocycles. The van der Waals surface area contributed by atoms with Gasteiger partial charge in [0.25, 0.3) is 0 Å². The van der Waals surface area contributed by atoms with E-state index in [9.17, 15) is 0 Å². The van der Waals surface area contributed by atoms with Crippen LogP contribution < -0.4 is 0 Å². The average molecular weight is 561 g/mol. The zero-order chi connectivity index (χ0) is 23.8. The Morgan fingerprint density at radius 3 is 0.906 bits per heavy atom. The Balaban J connectivity index is 0. The molecule has 0 amide bonds. The average Bonchev–Trinajstić information content (AvgIpc) is 2.81. The minimum atomic E-state index is 1.20. The molecule has 1 heteroatoms. The molecule has 0 aromatic heterocycles. The van der Waals surface area contributed by atoms with Gasteiger partial charge in [0.1, 0.15) is 0 Å². The maximum absolute atomic E-state index is 3.77. The highest BCUT2D eigenvalue weighted by Crippen LogP contribution is 2.14. The quantitative estimate of drug-likeness (QED) is 0.0427. The molecule has 0 aromatic rings. The van der Waals surface area contributed by atoms with Gasteiger partial charge >= 0.3 is 0 Å². The lowest BCUT2D eigenvalue weighted by Crippen LogP contribution is -1.83. The molecule has 0 atom stereocenters. The summed E-state index contributed by atoms with van der Waals surface area (Å²) in [6.45, 7) is 9.78. The topological polar surface area (TPSA) is 0 Å². The van der Waals surface area contributed by atoms with E-state index in [4.69, 9.17) is 0 Å². The summed E-state index contributed by atoms with van der Waals surface area (Å²) < 4.78 is 1.33. The maximum atomic E-state index is 3.77. The molecule has 0 aliphatic carbocycles. The fraction of sp³-hybridized carbons (Fsp3) is 0.871. The Bertz CT molecular complexity index is 322. The number of unbranched alkanes of at least 4 members (excludes halogenated alkanes) is 23. The number of hydrogen-bond donors (Lipinski definition) is 0. The summed E-state index contributed by atoms with van der Waals surface area (Å²) in [5, 5.41) is 0. The van der Waals surface area contributed by atoms with E-state index in [0.717, 1.165) is 0 Å². The van der Waals surface area contributed by atoms with Gasteiger partial charge in [-0.2, -0.15) is 0 Å². The molecule has 0 saturated carbocycles. The van der Waals surface area contributed by atoms with Gasteiger partial charge in [0.05, 0.1) is 0 Å². The molecule has 0 rings (SSSR count). The second-order valence-corrected chi connectivity index (χ2v) is 10.7. The van der Waals surface area contributed by atoms with Crippen LogP contribution in [0.1, 0.15) is 167 Å². The summed E-state index contributed by atoms with van der Waals surface area (Å²) in [4.78, 5) is 0. The van der Waals surface area contributed by atoms with Crippen molar-refractivity contribution in [1.82, 2.24) is 0 Å². The maximum Gasteiger partial charge on any atom is -0.000473 e. The predicted molar refractivity (Wildman–Crippen MR) is 160 cm³/mol. The number of hydrogen-bond acceptors (Lipinski definition) is 0. The van der Waals surface area contributed by atoms with Crippen LogP contribution in [0.5, 0.6) is 0 Å². The lowest BCUT2D eigenvalue weighted by atomic mass is 10.0. The van der Waals surface area contributed by atoms with Crippen LogP contribution in [0.25, 0.3) is 0 Å². The van der Waals surface area contributed by atoms with Crippen LogP contribution in [-0.2, 0) is 0 Å². The molecular formula is C31H61I. The van der Waals surface area contributed by atoms with E-state index in [1.807, 2.05) is 12.2 Å². The van der Waals surface area contributed by atoms with Crippen molar-refractivity contribution in [3.8, 4) is 0 Å². The van der Waals surface area contributed by atoms with Crippen molar-refractivity contribution < 1.29 is 0 Å². The van der Waals surface area contributed by atoms with Crippen molar-refractivity contribution in [2.24, 2.45) is 0 Å². The van der Waals surface area contributed by atoms with Crippen LogP contribution in [0.15, 0.2) is 25.3 Å². The summed E-state index contributed by atoms with van der Waals surface area (Å²) in [6.07, 6.45) is 39.6. The van der Waals surface area contributed by atoms with Crippen molar-refractivity contribution in [3.05, 3.63) is 25.3 Å². The van der Waals surface area contributed by atoms with Crippen LogP contribution in [0.2, 0.25) is 0 Å². The van der Waals surface area contributed by atoms with Crippen LogP contribution in [-0.4, -0.2) is 4.43 Å². The second-order valence-electron chi connectivity index (χ2n) is 9.62. The highest BCUT2D eigenvalue weighted by Gasteiger charge is 1.94. The zero-order valence-electron chi connectivity index (χ0n) is 22.3. The van der Waals surface area contributed by atoms with Crippen molar-refractivity contribution in [1.29, 1.82) is 0 Å². The summed E-state index contributed by atoms with van der Waals surface area (Å²) in [7, 11) is 0. The molecule has 0 saturated heterocycles. The van der Waals surface area contributed by atoms with Gasteiger partial charge < -0.3 is 0 Å². The first-order valence-corrected chi connectivity index (χ1v) is 16.1. The molecule has 32 heavy (non-hydrogen) atoms. The fourth-order valence-electron chi connectivity index (χ4n) is 4.10. The Hall–Kier alpha value is 0.210. The van der Waals surface area contributed by atoms with E-state index >= 15 is 0 Å². The summed E-state index contributed by atoms with van der Waals surface area (Å²) >= 11 is 2.46. The van der Waals surface area contributed by atoms with Crippen LogP contribution in [0, 0.1) is 0 Å². The standard InChI is InChI=1S/C20H40.C11H21I/c1-3-5-7-9-11-13-15-17-19-20-18-16-14-12-10-8-6-4-2;1-2-3-4-5-6-7-8-9-10-11-12/h3H,1,4-20H2,2H3;2H,1,3-11H2. The minimum Gasteiger partial charge on any atom is -0.103 e. The van der Waals surface area contributed by atoms with E-state index in [1.54, 1.807) is 0 Å². The Morgan fingerprint density at radius 1 is 0.406 bits per heavy atom. The largest absolute Gasteiger partial charge is 0.103 e. The van der Waals surface area contributed by atoms with Crippen molar-refractivity contribution in [3.63, 3.8) is 0 Å². The number of alkyl halides is 1. The van der Waals surface area contributed by atoms with Crippen molar-refractivity contribution in [2.45, 2.75) is 167 Å². The van der Waals surface area contributed by atoms with Crippen molar-refractivity contribution >= 4 is 22.6 Å². The lowest BCUT2D eigenvalue weighted by molar-refractivity contribution is 0.530. The van der Waals surface area contributed by atoms with Gasteiger partial charge in [-0.3, -0.25) is 0 Å². The van der Waals surface area contributed by atoms with Crippen molar-refractivity contribution in [2.75, 3.05) is 4.43 Å². The molecule has 0 aliphatic rings. The fourth-order valence-corrected chi connectivity index (χ4v) is 4.64. The van der Waals surface area contributed by atoms with Gasteiger partial charge in [-0.1, -0.05) is 170 Å². The molecule has 0 nitrogen and oxygen atoms in total. The molecule has 0 N–H and O–H groups in total. The van der Waals surface area contributed by atoms with Gasteiger partial charge in [0.15, 0.2) is 0 Å². The molecule has 0 fully saturated rings. The van der Waals surface area contributed by atoms with Crippen LogP contribution >= 0.6 is 22.6 Å². The van der Waals surface area contributed by atoms with Gasteiger partial charge in [-0.15, -0.1) is 13.2 Å². The van der Waals surface area contributed by atoms with E-state index in [1.165, 1.54) is 165 Å². The summed E-state index contributed by atoms with van der Waals surface area (Å²) in [5.74, 6) is 0. The zero-order valence-corrected chi connectivity index (χ0v) is 24.5. The Morgan fingerprint density at radius 2 is 0.656 bits per heavy atom. The molecule has 0 heterocycles. The molecule has 192 valence electrons. The van der Waals surface area contributed by atoms with Gasteiger partial charge in [0.2, 0.25) is 0 Å². The molecule has 0 unspecified atom stereocenters. The highest BCUT2D eigenvalue weighted by molar-refractivity contribution is 14.1. The third-order valence-corrected chi connectivity index (χ3v) is 7.07. The third kappa shape index (κ3) is 37.5. The normalized spacial score (nSPS) is 10.6. The van der Waals surface area contributed by atoms with E-state index in [0.29, 0.717) is 0 Å². The Kier molecular flexibility index (Phi) is 38.5. The Labute approximate surface area is 219 Å². The third-order valence-electron chi connectivity index (χ3n) is 6.30. The number of allylic oxidation sites excluding steroid dienone is 2. The SMILES string of the molecule is C=CCCCCCCCCCCCCCCCCCC.C=CCCCCCCCCCI. The molecule has 0 spiro atoms. The molecular weight excluding hydrogens is 499 g/mol. The first kappa shape index (κ1) is 34.4. The van der Waals surface area contributed by atoms with E-state index in [2.05, 4.69) is 42.7 Å². The second kappa shape index (κ2) is 35.8. The predicted octanol–water partition coefficient (Wildman–Crippen LogP) is 12.6. The summed E-state index contributed by atoms with van der Waals surface area (Å²) in [6, 6.07) is 0. The molecule has 0 bridgehead atoms. The monoisotopic (exact) mass is 560 g/mol. The van der Waals surface area contributed by atoms with E-state index in [-0.39, 0.29) is 0 Å². The first-order chi connectivity index (χ1) is 15.8. The smallest absolute Gasteiger partial charge is 0.000473 e. The van der Waals surface area contributed by atoms with Gasteiger partial charge in [-0.05, 0) is 36.5 Å². The molecule has 0 aromatic carbocycles. The number of halogens is 1. The lowest BCUT2D eigenvalue weighted by Gasteiger charge is -2.03. The van der Waals surface area contributed by atoms with E-state index < -0.39 is 0 Å². The molecule has 0 radical (unpaired) electrons. The summed E-state index contributed by atoms with van der Waals surface area (Å²) in [5.41, 5.74) is 0. The van der Waals surface area contributed by atoms with Crippen LogP contribution in [0.4, 0.5) is 0 Å². The first-order valence-electron chi connectivity index (χ1n) is 14.6. The minimum absolute atomic E-state index is 1.20. The highest BCUT2D eigenvalue weighted by atomic mass is 127.